The molecule has 2 N–H and O–H groups in total. The van der Waals surface area contributed by atoms with Crippen LogP contribution < -0.4 is 5.73 Å². The largest absolute Gasteiger partial charge is 0.324 e. The maximum absolute atomic E-state index is 5.61. The molecule has 0 fully saturated rings. The maximum atomic E-state index is 5.61. The van der Waals surface area contributed by atoms with Gasteiger partial charge in [-0.1, -0.05) is 6.07 Å². The molecule has 1 heterocycles. The van der Waals surface area contributed by atoms with Gasteiger partial charge >= 0.3 is 0 Å². The fourth-order valence-electron chi connectivity index (χ4n) is 1.51. The van der Waals surface area contributed by atoms with Crippen LogP contribution in [0.3, 0.4) is 0 Å². The molecule has 0 saturated carbocycles. The monoisotopic (exact) mass is 265 g/mol. The Labute approximate surface area is 97.1 Å². The number of imidazole rings is 1. The molecule has 3 nitrogen and oxygen atoms in total. The lowest BCUT2D eigenvalue weighted by Crippen LogP contribution is -2.06. The number of nitrogens with zero attached hydrogens (tertiary/aromatic N) is 2. The molecule has 0 spiro atoms. The number of nitrogens with two attached hydrogens (primary N) is 1. The normalized spacial score (nSPS) is 10.6. The van der Waals surface area contributed by atoms with E-state index in [2.05, 4.69) is 46.0 Å². The zero-order valence-electron chi connectivity index (χ0n) is 8.44. The second-order valence-electron chi connectivity index (χ2n) is 3.37. The first-order valence-corrected chi connectivity index (χ1v) is 5.50. The SMILES string of the molecule is Cc1ccc(-n2ccnc2CN)c(Br)c1. The van der Waals surface area contributed by atoms with Crippen molar-refractivity contribution in [3.05, 3.63) is 46.5 Å². The van der Waals surface area contributed by atoms with E-state index in [1.54, 1.807) is 6.20 Å². The maximum Gasteiger partial charge on any atom is 0.127 e. The number of hydrogen-bond acceptors (Lipinski definition) is 2. The fourth-order valence-corrected chi connectivity index (χ4v) is 2.20. The van der Waals surface area contributed by atoms with Crippen molar-refractivity contribution >= 4 is 15.9 Å². The minimum absolute atomic E-state index is 0.438. The van der Waals surface area contributed by atoms with Crippen LogP contribution in [0.4, 0.5) is 0 Å². The van der Waals surface area contributed by atoms with Crippen molar-refractivity contribution in [2.24, 2.45) is 5.73 Å². The molecule has 78 valence electrons. The van der Waals surface area contributed by atoms with Crippen LogP contribution in [-0.2, 0) is 6.54 Å². The average Bonchev–Trinajstić information content (AvgIpc) is 2.65. The van der Waals surface area contributed by atoms with Gasteiger partial charge in [-0.3, -0.25) is 0 Å². The van der Waals surface area contributed by atoms with Crippen molar-refractivity contribution in [3.63, 3.8) is 0 Å². The van der Waals surface area contributed by atoms with Gasteiger partial charge in [-0.2, -0.15) is 0 Å². The third-order valence-electron chi connectivity index (χ3n) is 2.26. The van der Waals surface area contributed by atoms with Gasteiger partial charge in [0.25, 0.3) is 0 Å². The van der Waals surface area contributed by atoms with Crippen molar-refractivity contribution in [1.82, 2.24) is 9.55 Å². The fraction of sp³-hybridized carbons (Fsp3) is 0.182. The Balaban J connectivity index is 2.54. The molecule has 0 aliphatic carbocycles. The smallest absolute Gasteiger partial charge is 0.127 e. The Morgan fingerprint density at radius 1 is 1.47 bits per heavy atom. The highest BCUT2D eigenvalue weighted by Crippen LogP contribution is 2.23. The van der Waals surface area contributed by atoms with Crippen molar-refractivity contribution in [2.75, 3.05) is 0 Å². The van der Waals surface area contributed by atoms with Gasteiger partial charge in [-0.15, -0.1) is 0 Å². The first-order valence-electron chi connectivity index (χ1n) is 4.71. The molecule has 0 radical (unpaired) electrons. The minimum atomic E-state index is 0.438. The molecule has 0 atom stereocenters. The Hall–Kier alpha value is -1.13. The summed E-state index contributed by atoms with van der Waals surface area (Å²) < 4.78 is 3.04. The Bertz CT molecular complexity index is 476. The Morgan fingerprint density at radius 2 is 2.27 bits per heavy atom. The van der Waals surface area contributed by atoms with Crippen LogP contribution >= 0.6 is 15.9 Å². The van der Waals surface area contributed by atoms with Gasteiger partial charge in [0.2, 0.25) is 0 Å². The second kappa shape index (κ2) is 4.16. The van der Waals surface area contributed by atoms with E-state index in [0.717, 1.165) is 16.0 Å². The number of rotatable bonds is 2. The number of hydrogen-bond donors (Lipinski definition) is 1. The highest BCUT2D eigenvalue weighted by atomic mass is 79.9. The molecule has 0 saturated heterocycles. The third kappa shape index (κ3) is 1.96. The summed E-state index contributed by atoms with van der Waals surface area (Å²) in [5.74, 6) is 0.861. The lowest BCUT2D eigenvalue weighted by Gasteiger charge is -2.09. The van der Waals surface area contributed by atoms with Crippen molar-refractivity contribution in [3.8, 4) is 5.69 Å². The van der Waals surface area contributed by atoms with Gasteiger partial charge in [0, 0.05) is 16.9 Å². The molecule has 1 aromatic carbocycles. The molecule has 0 bridgehead atoms. The molecule has 0 amide bonds. The summed E-state index contributed by atoms with van der Waals surface area (Å²) in [4.78, 5) is 4.19. The second-order valence-corrected chi connectivity index (χ2v) is 4.23. The zero-order chi connectivity index (χ0) is 10.8. The van der Waals surface area contributed by atoms with E-state index in [1.165, 1.54) is 5.56 Å². The summed E-state index contributed by atoms with van der Waals surface area (Å²) in [7, 11) is 0. The summed E-state index contributed by atoms with van der Waals surface area (Å²) in [5, 5.41) is 0. The Kier molecular flexibility index (Phi) is 2.88. The molecule has 0 unspecified atom stereocenters. The predicted octanol–water partition coefficient (Wildman–Crippen LogP) is 2.40. The molecular weight excluding hydrogens is 254 g/mol. The first-order chi connectivity index (χ1) is 7.22. The van der Waals surface area contributed by atoms with Crippen LogP contribution in [0, 0.1) is 6.92 Å². The lowest BCUT2D eigenvalue weighted by atomic mass is 10.2. The van der Waals surface area contributed by atoms with Gasteiger partial charge in [-0.25, -0.2) is 4.98 Å². The zero-order valence-corrected chi connectivity index (χ0v) is 10.0. The van der Waals surface area contributed by atoms with Crippen molar-refractivity contribution < 1.29 is 0 Å². The van der Waals surface area contributed by atoms with E-state index < -0.39 is 0 Å². The van der Waals surface area contributed by atoms with Crippen molar-refractivity contribution in [2.45, 2.75) is 13.5 Å². The van der Waals surface area contributed by atoms with Crippen LogP contribution in [0.2, 0.25) is 0 Å². The van der Waals surface area contributed by atoms with Gasteiger partial charge in [-0.05, 0) is 40.5 Å². The molecule has 0 aliphatic heterocycles. The van der Waals surface area contributed by atoms with E-state index in [1.807, 2.05) is 10.8 Å². The summed E-state index contributed by atoms with van der Waals surface area (Å²) in [5.41, 5.74) is 7.90. The lowest BCUT2D eigenvalue weighted by molar-refractivity contribution is 0.865. The van der Waals surface area contributed by atoms with Gasteiger partial charge in [0.15, 0.2) is 0 Å². The molecular formula is C11H12BrN3. The van der Waals surface area contributed by atoms with Crippen LogP contribution in [-0.4, -0.2) is 9.55 Å². The highest BCUT2D eigenvalue weighted by Gasteiger charge is 2.06. The van der Waals surface area contributed by atoms with Gasteiger partial charge in [0.05, 0.1) is 12.2 Å². The van der Waals surface area contributed by atoms with E-state index in [0.29, 0.717) is 6.54 Å². The Morgan fingerprint density at radius 3 is 2.93 bits per heavy atom. The van der Waals surface area contributed by atoms with E-state index >= 15 is 0 Å². The first kappa shape index (κ1) is 10.4. The average molecular weight is 266 g/mol. The van der Waals surface area contributed by atoms with Crippen LogP contribution in [0.15, 0.2) is 35.1 Å². The van der Waals surface area contributed by atoms with Gasteiger partial charge < -0.3 is 10.3 Å². The van der Waals surface area contributed by atoms with Crippen LogP contribution in [0.25, 0.3) is 5.69 Å². The standard InChI is InChI=1S/C11H12BrN3/c1-8-2-3-10(9(12)6-8)15-5-4-14-11(15)7-13/h2-6H,7,13H2,1H3. The van der Waals surface area contributed by atoms with Crippen LogP contribution in [0.5, 0.6) is 0 Å². The topological polar surface area (TPSA) is 43.8 Å². The highest BCUT2D eigenvalue weighted by molar-refractivity contribution is 9.10. The number of aryl methyl sites for hydroxylation is 1. The van der Waals surface area contributed by atoms with E-state index in [4.69, 9.17) is 5.73 Å². The van der Waals surface area contributed by atoms with Gasteiger partial charge in [0.1, 0.15) is 5.82 Å². The van der Waals surface area contributed by atoms with E-state index in [9.17, 15) is 0 Å². The number of aromatic nitrogens is 2. The van der Waals surface area contributed by atoms with E-state index in [-0.39, 0.29) is 0 Å². The summed E-state index contributed by atoms with van der Waals surface area (Å²) in [6.07, 6.45) is 3.67. The molecule has 15 heavy (non-hydrogen) atoms. The molecule has 2 rings (SSSR count). The third-order valence-corrected chi connectivity index (χ3v) is 2.90. The quantitative estimate of drug-likeness (QED) is 0.907. The number of halogens is 1. The summed E-state index contributed by atoms with van der Waals surface area (Å²) >= 11 is 3.54. The number of benzene rings is 1. The predicted molar refractivity (Wildman–Crippen MR) is 63.9 cm³/mol. The molecule has 4 heteroatoms. The van der Waals surface area contributed by atoms with Crippen LogP contribution in [0.1, 0.15) is 11.4 Å². The molecule has 1 aromatic heterocycles. The molecule has 2 aromatic rings. The van der Waals surface area contributed by atoms with Crippen molar-refractivity contribution in [1.29, 1.82) is 0 Å². The summed E-state index contributed by atoms with van der Waals surface area (Å²) in [6, 6.07) is 6.20. The minimum Gasteiger partial charge on any atom is -0.324 e. The molecule has 0 aliphatic rings. The summed E-state index contributed by atoms with van der Waals surface area (Å²) in [6.45, 7) is 2.50.